The van der Waals surface area contributed by atoms with Crippen molar-refractivity contribution in [2.75, 3.05) is 6.61 Å². The van der Waals surface area contributed by atoms with Gasteiger partial charge in [-0.3, -0.25) is 0 Å². The number of rotatable bonds is 4. The van der Waals surface area contributed by atoms with Gasteiger partial charge in [-0.1, -0.05) is 13.8 Å². The first-order valence-electron chi connectivity index (χ1n) is 2.85. The van der Waals surface area contributed by atoms with Crippen molar-refractivity contribution in [2.45, 2.75) is 20.3 Å². The molecule has 0 spiro atoms. The summed E-state index contributed by atoms with van der Waals surface area (Å²) in [7, 11) is 0. The third-order valence-corrected chi connectivity index (χ3v) is 1.23. The third-order valence-electron chi connectivity index (χ3n) is 0.875. The molecule has 3 nitrogen and oxygen atoms in total. The van der Waals surface area contributed by atoms with Gasteiger partial charge in [0.2, 0.25) is 0 Å². The van der Waals surface area contributed by atoms with Gasteiger partial charge < -0.3 is 8.74 Å². The molecular formula is C5H11KO3S. The molecule has 56 valence electrons. The van der Waals surface area contributed by atoms with E-state index in [1.165, 1.54) is 0 Å². The van der Waals surface area contributed by atoms with Crippen LogP contribution in [-0.4, -0.2) is 15.4 Å². The van der Waals surface area contributed by atoms with Crippen molar-refractivity contribution in [1.29, 1.82) is 0 Å². The predicted octanol–water partition coefficient (Wildman–Crippen LogP) is -2.15. The monoisotopic (exact) mass is 190 g/mol. The van der Waals surface area contributed by atoms with Crippen LogP contribution in [0.1, 0.15) is 20.3 Å². The van der Waals surface area contributed by atoms with Crippen LogP contribution in [0.5, 0.6) is 0 Å². The first-order chi connectivity index (χ1) is 4.13. The van der Waals surface area contributed by atoms with Gasteiger partial charge in [0.25, 0.3) is 0 Å². The maximum absolute atomic E-state index is 9.76. The second-order valence-corrected chi connectivity index (χ2v) is 2.85. The van der Waals surface area contributed by atoms with E-state index in [-0.39, 0.29) is 51.4 Å². The van der Waals surface area contributed by atoms with Gasteiger partial charge >= 0.3 is 51.4 Å². The summed E-state index contributed by atoms with van der Waals surface area (Å²) >= 11 is -2.33. The smallest absolute Gasteiger partial charge is 0.750 e. The zero-order chi connectivity index (χ0) is 7.28. The molecule has 0 bridgehead atoms. The van der Waals surface area contributed by atoms with Crippen LogP contribution in [0.4, 0.5) is 0 Å². The summed E-state index contributed by atoms with van der Waals surface area (Å²) < 4.78 is 23.8. The second-order valence-electron chi connectivity index (χ2n) is 2.21. The summed E-state index contributed by atoms with van der Waals surface area (Å²) in [5.74, 6) is 0.494. The standard InChI is InChI=1S/C5H12O3S.K/c1-5(2)3-4-8-9(6)7;/h5H,3-4H2,1-2H3,(H,6,7);/q;+1/p-1. The van der Waals surface area contributed by atoms with Gasteiger partial charge in [-0.25, -0.2) is 4.21 Å². The van der Waals surface area contributed by atoms with Crippen molar-refractivity contribution in [1.82, 2.24) is 0 Å². The average Bonchev–Trinajstić information content (AvgIpc) is 1.63. The summed E-state index contributed by atoms with van der Waals surface area (Å²) in [5, 5.41) is 0. The van der Waals surface area contributed by atoms with Crippen molar-refractivity contribution < 1.29 is 64.3 Å². The van der Waals surface area contributed by atoms with E-state index in [0.717, 1.165) is 6.42 Å². The van der Waals surface area contributed by atoms with Gasteiger partial charge in [0, 0.05) is 0 Å². The molecule has 0 aromatic carbocycles. The quantitative estimate of drug-likeness (QED) is 0.375. The summed E-state index contributed by atoms with van der Waals surface area (Å²) in [6.45, 7) is 4.32. The first kappa shape index (κ1) is 14.2. The molecular weight excluding hydrogens is 179 g/mol. The number of hydrogen-bond acceptors (Lipinski definition) is 3. The fraction of sp³-hybridized carbons (Fsp3) is 1.00. The Balaban J connectivity index is 0. The van der Waals surface area contributed by atoms with Gasteiger partial charge in [0.15, 0.2) is 0 Å². The van der Waals surface area contributed by atoms with E-state index < -0.39 is 11.4 Å². The minimum Gasteiger partial charge on any atom is -0.750 e. The Bertz CT molecular complexity index is 96.9. The van der Waals surface area contributed by atoms with Gasteiger partial charge in [-0.05, 0) is 12.3 Å². The van der Waals surface area contributed by atoms with E-state index in [4.69, 9.17) is 0 Å². The summed E-state index contributed by atoms with van der Waals surface area (Å²) in [6.07, 6.45) is 0.786. The third kappa shape index (κ3) is 12.4. The van der Waals surface area contributed by atoms with Crippen molar-refractivity contribution in [3.63, 3.8) is 0 Å². The van der Waals surface area contributed by atoms with E-state index in [2.05, 4.69) is 4.18 Å². The molecule has 0 N–H and O–H groups in total. The maximum Gasteiger partial charge on any atom is 1.00 e. The molecule has 0 aliphatic rings. The molecule has 0 rings (SSSR count). The molecule has 0 fully saturated rings. The van der Waals surface area contributed by atoms with Crippen molar-refractivity contribution in [2.24, 2.45) is 5.92 Å². The molecule has 0 saturated carbocycles. The summed E-state index contributed by atoms with van der Waals surface area (Å²) in [5.41, 5.74) is 0. The van der Waals surface area contributed by atoms with E-state index in [1.54, 1.807) is 0 Å². The van der Waals surface area contributed by atoms with Gasteiger partial charge in [-0.15, -0.1) is 0 Å². The van der Waals surface area contributed by atoms with Crippen LogP contribution in [0.3, 0.4) is 0 Å². The molecule has 0 amide bonds. The molecule has 0 aliphatic carbocycles. The van der Waals surface area contributed by atoms with E-state index in [9.17, 15) is 8.76 Å². The van der Waals surface area contributed by atoms with Crippen molar-refractivity contribution in [3.05, 3.63) is 0 Å². The predicted molar refractivity (Wildman–Crippen MR) is 34.3 cm³/mol. The van der Waals surface area contributed by atoms with Crippen molar-refractivity contribution >= 4 is 11.4 Å². The molecule has 0 aliphatic heterocycles. The van der Waals surface area contributed by atoms with Crippen LogP contribution in [0.15, 0.2) is 0 Å². The first-order valence-corrected chi connectivity index (χ1v) is 3.85. The Kier molecular flexibility index (Phi) is 12.5. The van der Waals surface area contributed by atoms with E-state index in [0.29, 0.717) is 12.5 Å². The summed E-state index contributed by atoms with van der Waals surface area (Å²) in [6, 6.07) is 0. The van der Waals surface area contributed by atoms with Gasteiger partial charge in [0.1, 0.15) is 0 Å². The molecule has 0 saturated heterocycles. The van der Waals surface area contributed by atoms with Gasteiger partial charge in [-0.2, -0.15) is 0 Å². The van der Waals surface area contributed by atoms with Gasteiger partial charge in [0.05, 0.1) is 18.0 Å². The van der Waals surface area contributed by atoms with Crippen LogP contribution < -0.4 is 51.4 Å². The molecule has 10 heavy (non-hydrogen) atoms. The van der Waals surface area contributed by atoms with Crippen LogP contribution in [0.2, 0.25) is 0 Å². The molecule has 5 heteroatoms. The SMILES string of the molecule is CC(C)CCOS(=O)[O-].[K+]. The second kappa shape index (κ2) is 8.80. The van der Waals surface area contributed by atoms with Crippen LogP contribution in [0, 0.1) is 5.92 Å². The molecule has 0 heterocycles. The largest absolute Gasteiger partial charge is 1.00 e. The van der Waals surface area contributed by atoms with Crippen LogP contribution in [-0.2, 0) is 15.5 Å². The van der Waals surface area contributed by atoms with E-state index >= 15 is 0 Å². The average molecular weight is 190 g/mol. The fourth-order valence-corrected chi connectivity index (χ4v) is 0.584. The Labute approximate surface area is 107 Å². The topological polar surface area (TPSA) is 49.4 Å². The van der Waals surface area contributed by atoms with E-state index in [1.807, 2.05) is 13.8 Å². The Morgan fingerprint density at radius 1 is 1.60 bits per heavy atom. The Morgan fingerprint density at radius 2 is 2.10 bits per heavy atom. The normalized spacial score (nSPS) is 12.8. The maximum atomic E-state index is 9.76. The zero-order valence-corrected chi connectivity index (χ0v) is 10.6. The molecule has 0 aromatic rings. The Hall–Kier alpha value is 1.71. The molecule has 0 radical (unpaired) electrons. The van der Waals surface area contributed by atoms with Crippen LogP contribution in [0.25, 0.3) is 0 Å². The minimum atomic E-state index is -2.33. The minimum absolute atomic E-state index is 0. The molecule has 0 aromatic heterocycles. The Morgan fingerprint density at radius 3 is 2.40 bits per heavy atom. The zero-order valence-electron chi connectivity index (χ0n) is 6.62. The molecule has 1 atom stereocenters. The molecule has 1 unspecified atom stereocenters. The van der Waals surface area contributed by atoms with Crippen molar-refractivity contribution in [3.8, 4) is 0 Å². The summed E-state index contributed by atoms with van der Waals surface area (Å²) in [4.78, 5) is 0. The number of hydrogen-bond donors (Lipinski definition) is 0. The fourth-order valence-electron chi connectivity index (χ4n) is 0.352. The van der Waals surface area contributed by atoms with Crippen LogP contribution >= 0.6 is 0 Å².